The highest BCUT2D eigenvalue weighted by Crippen LogP contribution is 2.37. The number of carbonyl (C=O) groups is 1. The topological polar surface area (TPSA) is 114 Å². The molecule has 1 aromatic carbocycles. The number of carboxylic acid groups (broad SMARTS) is 1. The summed E-state index contributed by atoms with van der Waals surface area (Å²) >= 11 is 0. The first-order valence-electron chi connectivity index (χ1n) is 11.4. The van der Waals surface area contributed by atoms with Gasteiger partial charge in [0.15, 0.2) is 5.65 Å². The Bertz CT molecular complexity index is 1120. The molecule has 1 saturated carbocycles. The molecule has 0 unspecified atom stereocenters. The number of aliphatic carboxylic acids is 1. The Balaban J connectivity index is 1.48. The number of fused-ring (bicyclic) bond motifs is 1. The third-order valence-corrected chi connectivity index (χ3v) is 6.50. The van der Waals surface area contributed by atoms with Gasteiger partial charge in [-0.3, -0.25) is 9.36 Å². The van der Waals surface area contributed by atoms with Crippen molar-refractivity contribution in [1.29, 1.82) is 0 Å². The summed E-state index contributed by atoms with van der Waals surface area (Å²) in [6.45, 7) is 1.44. The maximum atomic E-state index is 13.4. The van der Waals surface area contributed by atoms with Crippen LogP contribution in [0.5, 0.6) is 0 Å². The van der Waals surface area contributed by atoms with E-state index in [-0.39, 0.29) is 23.8 Å². The zero-order chi connectivity index (χ0) is 22.8. The average molecular weight is 455 g/mol. The molecule has 0 amide bonds. The minimum atomic E-state index is -0.737. The van der Waals surface area contributed by atoms with Gasteiger partial charge < -0.3 is 20.5 Å². The third-order valence-electron chi connectivity index (χ3n) is 6.50. The number of rotatable bonds is 6. The average Bonchev–Trinajstić information content (AvgIpc) is 3.18. The van der Waals surface area contributed by atoms with E-state index in [2.05, 4.69) is 15.6 Å². The Morgan fingerprint density at radius 1 is 1.06 bits per heavy atom. The lowest BCUT2D eigenvalue weighted by Crippen LogP contribution is -2.28. The Morgan fingerprint density at radius 2 is 1.79 bits per heavy atom. The molecule has 0 spiro atoms. The van der Waals surface area contributed by atoms with Crippen molar-refractivity contribution in [3.05, 3.63) is 36.3 Å². The Labute approximate surface area is 190 Å². The van der Waals surface area contributed by atoms with E-state index in [1.807, 2.05) is 4.57 Å². The summed E-state index contributed by atoms with van der Waals surface area (Å²) in [6, 6.07) is 6.41. The fourth-order valence-corrected chi connectivity index (χ4v) is 4.66. The second-order valence-corrected chi connectivity index (χ2v) is 8.71. The van der Waals surface area contributed by atoms with Gasteiger partial charge in [0.25, 0.3) is 0 Å². The van der Waals surface area contributed by atoms with Crippen molar-refractivity contribution in [1.82, 2.24) is 19.5 Å². The van der Waals surface area contributed by atoms with E-state index in [0.29, 0.717) is 54.4 Å². The maximum absolute atomic E-state index is 13.4. The van der Waals surface area contributed by atoms with Crippen molar-refractivity contribution in [3.8, 4) is 0 Å². The van der Waals surface area contributed by atoms with Crippen LogP contribution in [-0.2, 0) is 9.53 Å². The van der Waals surface area contributed by atoms with Gasteiger partial charge in [0.1, 0.15) is 11.3 Å². The van der Waals surface area contributed by atoms with E-state index < -0.39 is 5.97 Å². The lowest BCUT2D eigenvalue weighted by atomic mass is 9.86. The normalized spacial score (nSPS) is 21.7. The standard InChI is InChI=1S/C23H27FN6O3/c24-15-3-5-16(6-4-15)27-23-28-19-13-25-22(26-17-9-11-33-12-10-17)29-20(19)30(23)18-7-1-14(2-8-18)21(31)32/h3-6,13-14,17-18H,1-2,7-12H2,(H,27,28)(H,31,32)(H,25,26,29)/t14-,18-. The molecular formula is C23H27FN6O3. The van der Waals surface area contributed by atoms with Gasteiger partial charge in [-0.2, -0.15) is 4.98 Å². The molecule has 174 valence electrons. The van der Waals surface area contributed by atoms with E-state index in [9.17, 15) is 14.3 Å². The van der Waals surface area contributed by atoms with Crippen LogP contribution in [0.4, 0.5) is 22.0 Å². The largest absolute Gasteiger partial charge is 0.481 e. The molecule has 0 atom stereocenters. The van der Waals surface area contributed by atoms with E-state index in [1.165, 1.54) is 12.1 Å². The number of anilines is 3. The summed E-state index contributed by atoms with van der Waals surface area (Å²) in [4.78, 5) is 25.4. The lowest BCUT2D eigenvalue weighted by Gasteiger charge is -2.28. The molecule has 3 heterocycles. The minimum Gasteiger partial charge on any atom is -0.481 e. The van der Waals surface area contributed by atoms with Crippen LogP contribution in [-0.4, -0.2) is 49.9 Å². The smallest absolute Gasteiger partial charge is 0.306 e. The van der Waals surface area contributed by atoms with Gasteiger partial charge in [-0.05, 0) is 62.8 Å². The van der Waals surface area contributed by atoms with Gasteiger partial charge in [-0.1, -0.05) is 0 Å². The number of aromatic nitrogens is 4. The van der Waals surface area contributed by atoms with E-state index in [4.69, 9.17) is 14.7 Å². The fraction of sp³-hybridized carbons (Fsp3) is 0.478. The van der Waals surface area contributed by atoms with Crippen LogP contribution in [0, 0.1) is 11.7 Å². The minimum absolute atomic E-state index is 0.0550. The Kier molecular flexibility index (Phi) is 6.08. The lowest BCUT2D eigenvalue weighted by molar-refractivity contribution is -0.143. The monoisotopic (exact) mass is 454 g/mol. The number of carboxylic acids is 1. The molecule has 0 radical (unpaired) electrons. The quantitative estimate of drug-likeness (QED) is 0.510. The summed E-state index contributed by atoms with van der Waals surface area (Å²) in [5.74, 6) is -0.226. The van der Waals surface area contributed by atoms with Crippen LogP contribution in [0.1, 0.15) is 44.6 Å². The van der Waals surface area contributed by atoms with Crippen LogP contribution in [0.2, 0.25) is 0 Å². The number of nitrogens with one attached hydrogen (secondary N) is 2. The second kappa shape index (κ2) is 9.30. The van der Waals surface area contributed by atoms with Crippen LogP contribution >= 0.6 is 0 Å². The van der Waals surface area contributed by atoms with Gasteiger partial charge in [0.2, 0.25) is 11.9 Å². The molecule has 3 aromatic rings. The zero-order valence-corrected chi connectivity index (χ0v) is 18.2. The number of hydrogen-bond acceptors (Lipinski definition) is 7. The van der Waals surface area contributed by atoms with Crippen LogP contribution < -0.4 is 10.6 Å². The summed E-state index contributed by atoms with van der Waals surface area (Å²) in [6.07, 6.45) is 6.15. The van der Waals surface area contributed by atoms with Gasteiger partial charge in [-0.15, -0.1) is 0 Å². The summed E-state index contributed by atoms with van der Waals surface area (Å²) in [5.41, 5.74) is 2.06. The van der Waals surface area contributed by atoms with Gasteiger partial charge >= 0.3 is 5.97 Å². The molecule has 3 N–H and O–H groups in total. The molecule has 1 aliphatic carbocycles. The SMILES string of the molecule is O=C(O)[C@H]1CC[C@H](n2c(Nc3ccc(F)cc3)nc3cnc(NC4CCOCC4)nc32)CC1. The van der Waals surface area contributed by atoms with E-state index in [0.717, 1.165) is 26.1 Å². The van der Waals surface area contributed by atoms with Crippen molar-refractivity contribution in [2.45, 2.75) is 50.6 Å². The first kappa shape index (κ1) is 21.6. The molecule has 2 aliphatic rings. The highest BCUT2D eigenvalue weighted by Gasteiger charge is 2.30. The maximum Gasteiger partial charge on any atom is 0.306 e. The fourth-order valence-electron chi connectivity index (χ4n) is 4.66. The van der Waals surface area contributed by atoms with Crippen molar-refractivity contribution >= 4 is 34.7 Å². The van der Waals surface area contributed by atoms with E-state index in [1.54, 1.807) is 18.3 Å². The number of hydrogen-bond donors (Lipinski definition) is 3. The molecule has 5 rings (SSSR count). The summed E-state index contributed by atoms with van der Waals surface area (Å²) in [7, 11) is 0. The van der Waals surface area contributed by atoms with Gasteiger partial charge in [-0.25, -0.2) is 14.4 Å². The summed E-state index contributed by atoms with van der Waals surface area (Å²) in [5, 5.41) is 16.1. The number of ether oxygens (including phenoxy) is 1. The van der Waals surface area contributed by atoms with Crippen LogP contribution in [0.15, 0.2) is 30.5 Å². The molecule has 33 heavy (non-hydrogen) atoms. The Hall–Kier alpha value is -3.27. The predicted molar refractivity (Wildman–Crippen MR) is 121 cm³/mol. The Morgan fingerprint density at radius 3 is 2.48 bits per heavy atom. The van der Waals surface area contributed by atoms with Crippen molar-refractivity contribution in [2.24, 2.45) is 5.92 Å². The number of imidazole rings is 1. The zero-order valence-electron chi connectivity index (χ0n) is 18.2. The molecule has 0 bridgehead atoms. The van der Waals surface area contributed by atoms with Crippen molar-refractivity contribution in [2.75, 3.05) is 23.8 Å². The van der Waals surface area contributed by atoms with Crippen molar-refractivity contribution in [3.63, 3.8) is 0 Å². The number of halogens is 1. The highest BCUT2D eigenvalue weighted by atomic mass is 19.1. The molecule has 9 nitrogen and oxygen atoms in total. The molecule has 1 aliphatic heterocycles. The molecular weight excluding hydrogens is 427 g/mol. The summed E-state index contributed by atoms with van der Waals surface area (Å²) < 4.78 is 20.9. The van der Waals surface area contributed by atoms with Crippen LogP contribution in [0.3, 0.4) is 0 Å². The van der Waals surface area contributed by atoms with Crippen LogP contribution in [0.25, 0.3) is 11.2 Å². The second-order valence-electron chi connectivity index (χ2n) is 8.71. The molecule has 2 fully saturated rings. The van der Waals surface area contributed by atoms with Gasteiger partial charge in [0, 0.05) is 31.0 Å². The first-order valence-corrected chi connectivity index (χ1v) is 11.4. The molecule has 2 aromatic heterocycles. The number of benzene rings is 1. The highest BCUT2D eigenvalue weighted by molar-refractivity contribution is 5.76. The first-order chi connectivity index (χ1) is 16.1. The number of nitrogens with zero attached hydrogens (tertiary/aromatic N) is 4. The van der Waals surface area contributed by atoms with E-state index >= 15 is 0 Å². The van der Waals surface area contributed by atoms with Crippen molar-refractivity contribution < 1.29 is 19.0 Å². The third kappa shape index (κ3) is 4.75. The molecule has 10 heteroatoms. The van der Waals surface area contributed by atoms with Gasteiger partial charge in [0.05, 0.1) is 12.1 Å². The predicted octanol–water partition coefficient (Wildman–Crippen LogP) is 4.12. The molecule has 1 saturated heterocycles.